The maximum Gasteiger partial charge on any atom is 0.223 e. The Morgan fingerprint density at radius 2 is 1.74 bits per heavy atom. The van der Waals surface area contributed by atoms with Gasteiger partial charge in [0.1, 0.15) is 0 Å². The summed E-state index contributed by atoms with van der Waals surface area (Å²) in [6.45, 7) is 0.254. The third kappa shape index (κ3) is 1.84. The smallest absolute Gasteiger partial charge is 0.223 e. The van der Waals surface area contributed by atoms with Crippen LogP contribution < -0.4 is 5.32 Å². The molecule has 0 aromatic carbocycles. The molecule has 0 spiro atoms. The van der Waals surface area contributed by atoms with E-state index in [0.717, 1.165) is 0 Å². The van der Waals surface area contributed by atoms with Crippen molar-refractivity contribution in [3.8, 4) is 0 Å². The number of hydrogen-bond acceptors (Lipinski definition) is 2. The summed E-state index contributed by atoms with van der Waals surface area (Å²) in [6.07, 6.45) is 8.91. The van der Waals surface area contributed by atoms with Gasteiger partial charge >= 0.3 is 0 Å². The number of carbonyl (C=O) groups is 1. The Morgan fingerprint density at radius 3 is 2.42 bits per heavy atom. The molecular weight excluding hydrogens is 238 g/mol. The van der Waals surface area contributed by atoms with Crippen LogP contribution in [0.4, 0.5) is 0 Å². The van der Waals surface area contributed by atoms with E-state index >= 15 is 0 Å². The maximum atomic E-state index is 12.5. The van der Waals surface area contributed by atoms with Crippen molar-refractivity contribution in [1.82, 2.24) is 5.32 Å². The van der Waals surface area contributed by atoms with E-state index in [1.165, 1.54) is 44.9 Å². The first-order valence-electron chi connectivity index (χ1n) is 8.21. The highest BCUT2D eigenvalue weighted by atomic mass is 16.3. The van der Waals surface area contributed by atoms with Crippen molar-refractivity contribution in [3.63, 3.8) is 0 Å². The van der Waals surface area contributed by atoms with E-state index in [2.05, 4.69) is 5.32 Å². The second-order valence-electron chi connectivity index (χ2n) is 7.35. The standard InChI is InChI=1S/C16H25NO2/c18-8-13-9-5-6-10(7-9)15(13)17-16(19)14-11-3-1-2-4-12(11)14/h9-15,18H,1-8H2,(H,17,19). The lowest BCUT2D eigenvalue weighted by molar-refractivity contribution is -0.124. The van der Waals surface area contributed by atoms with Gasteiger partial charge in [-0.25, -0.2) is 0 Å². The molecule has 6 unspecified atom stereocenters. The molecule has 0 saturated heterocycles. The van der Waals surface area contributed by atoms with Crippen molar-refractivity contribution in [3.05, 3.63) is 0 Å². The van der Waals surface area contributed by atoms with Crippen LogP contribution in [0, 0.1) is 35.5 Å². The quantitative estimate of drug-likeness (QED) is 0.817. The van der Waals surface area contributed by atoms with Gasteiger partial charge in [-0.3, -0.25) is 4.79 Å². The number of aliphatic hydroxyl groups is 1. The minimum atomic E-state index is 0.254. The minimum Gasteiger partial charge on any atom is -0.396 e. The van der Waals surface area contributed by atoms with Crippen LogP contribution in [0.3, 0.4) is 0 Å². The van der Waals surface area contributed by atoms with Gasteiger partial charge in [-0.05, 0) is 55.8 Å². The molecule has 6 atom stereocenters. The molecule has 0 aromatic rings. The number of nitrogens with one attached hydrogen (secondary N) is 1. The third-order valence-electron chi connectivity index (χ3n) is 6.57. The summed E-state index contributed by atoms with van der Waals surface area (Å²) in [5, 5.41) is 12.9. The monoisotopic (exact) mass is 263 g/mol. The zero-order valence-corrected chi connectivity index (χ0v) is 11.6. The predicted octanol–water partition coefficient (Wildman–Crippen LogP) is 1.95. The van der Waals surface area contributed by atoms with E-state index in [1.54, 1.807) is 0 Å². The van der Waals surface area contributed by atoms with Crippen LogP contribution in [0.5, 0.6) is 0 Å². The van der Waals surface area contributed by atoms with Gasteiger partial charge in [0.2, 0.25) is 5.91 Å². The summed E-state index contributed by atoms with van der Waals surface area (Å²) < 4.78 is 0. The first-order chi connectivity index (χ1) is 9.29. The lowest BCUT2D eigenvalue weighted by Crippen LogP contribution is -2.46. The highest BCUT2D eigenvalue weighted by molar-refractivity contribution is 5.82. The van der Waals surface area contributed by atoms with Crippen molar-refractivity contribution < 1.29 is 9.90 Å². The SMILES string of the molecule is O=C(NC1C2CCC(C2)C1CO)C1C2CCCCC21. The van der Waals surface area contributed by atoms with Crippen LogP contribution in [0.1, 0.15) is 44.9 Å². The highest BCUT2D eigenvalue weighted by Gasteiger charge is 2.56. The van der Waals surface area contributed by atoms with Gasteiger partial charge in [0.05, 0.1) is 0 Å². The summed E-state index contributed by atoms with van der Waals surface area (Å²) in [7, 11) is 0. The number of rotatable bonds is 3. The molecule has 4 fully saturated rings. The average molecular weight is 263 g/mol. The topological polar surface area (TPSA) is 49.3 Å². The molecule has 3 nitrogen and oxygen atoms in total. The van der Waals surface area contributed by atoms with Crippen molar-refractivity contribution in [1.29, 1.82) is 0 Å². The molecule has 4 rings (SSSR count). The fourth-order valence-electron chi connectivity index (χ4n) is 5.54. The van der Waals surface area contributed by atoms with Crippen molar-refractivity contribution in [2.45, 2.75) is 51.0 Å². The Balaban J connectivity index is 1.40. The molecule has 2 bridgehead atoms. The molecule has 0 aromatic heterocycles. The fraction of sp³-hybridized carbons (Fsp3) is 0.938. The minimum absolute atomic E-state index is 0.254. The molecule has 4 aliphatic carbocycles. The van der Waals surface area contributed by atoms with E-state index in [0.29, 0.717) is 41.4 Å². The number of amides is 1. The van der Waals surface area contributed by atoms with Crippen molar-refractivity contribution in [2.75, 3.05) is 6.61 Å². The van der Waals surface area contributed by atoms with Crippen LogP contribution in [0.2, 0.25) is 0 Å². The van der Waals surface area contributed by atoms with Crippen molar-refractivity contribution >= 4 is 5.91 Å². The largest absolute Gasteiger partial charge is 0.396 e. The molecule has 4 aliphatic rings. The second kappa shape index (κ2) is 4.47. The van der Waals surface area contributed by atoms with Crippen molar-refractivity contribution in [2.24, 2.45) is 35.5 Å². The second-order valence-corrected chi connectivity index (χ2v) is 7.35. The molecule has 4 saturated carbocycles. The normalized spacial score (nSPS) is 50.9. The van der Waals surface area contributed by atoms with E-state index in [9.17, 15) is 9.90 Å². The van der Waals surface area contributed by atoms with Gasteiger partial charge in [0.15, 0.2) is 0 Å². The van der Waals surface area contributed by atoms with Crippen LogP contribution in [0.15, 0.2) is 0 Å². The molecule has 0 heterocycles. The van der Waals surface area contributed by atoms with Crippen LogP contribution in [0.25, 0.3) is 0 Å². The number of hydrogen-bond donors (Lipinski definition) is 2. The first kappa shape index (κ1) is 12.2. The molecule has 0 radical (unpaired) electrons. The van der Waals surface area contributed by atoms with Crippen LogP contribution >= 0.6 is 0 Å². The third-order valence-corrected chi connectivity index (χ3v) is 6.57. The summed E-state index contributed by atoms with van der Waals surface area (Å²) in [5.41, 5.74) is 0. The Hall–Kier alpha value is -0.570. The van der Waals surface area contributed by atoms with Crippen LogP contribution in [-0.4, -0.2) is 23.7 Å². The van der Waals surface area contributed by atoms with Gasteiger partial charge in [0.25, 0.3) is 0 Å². The Bertz CT molecular complexity index is 371. The maximum absolute atomic E-state index is 12.5. The first-order valence-corrected chi connectivity index (χ1v) is 8.21. The lowest BCUT2D eigenvalue weighted by atomic mass is 9.85. The van der Waals surface area contributed by atoms with Gasteiger partial charge in [0, 0.05) is 24.5 Å². The van der Waals surface area contributed by atoms with E-state index in [1.807, 2.05) is 0 Å². The van der Waals surface area contributed by atoms with E-state index in [4.69, 9.17) is 0 Å². The fourth-order valence-corrected chi connectivity index (χ4v) is 5.54. The van der Waals surface area contributed by atoms with E-state index in [-0.39, 0.29) is 12.6 Å². The van der Waals surface area contributed by atoms with E-state index < -0.39 is 0 Å². The Labute approximate surface area is 115 Å². The number of carbonyl (C=O) groups excluding carboxylic acids is 1. The Morgan fingerprint density at radius 1 is 1.05 bits per heavy atom. The molecule has 19 heavy (non-hydrogen) atoms. The zero-order chi connectivity index (χ0) is 13.0. The summed E-state index contributed by atoms with van der Waals surface area (Å²) in [4.78, 5) is 12.5. The van der Waals surface area contributed by atoms with Crippen LogP contribution in [-0.2, 0) is 4.79 Å². The Kier molecular flexibility index (Phi) is 2.87. The number of fused-ring (bicyclic) bond motifs is 3. The number of aliphatic hydroxyl groups excluding tert-OH is 1. The van der Waals surface area contributed by atoms with Gasteiger partial charge in [-0.1, -0.05) is 12.8 Å². The molecule has 3 heteroatoms. The van der Waals surface area contributed by atoms with Gasteiger partial charge in [-0.15, -0.1) is 0 Å². The molecule has 1 amide bonds. The summed E-state index contributed by atoms with van der Waals surface area (Å²) in [6, 6.07) is 0.277. The molecule has 0 aliphatic heterocycles. The summed E-state index contributed by atoms with van der Waals surface area (Å²) >= 11 is 0. The molecular formula is C16H25NO2. The average Bonchev–Trinajstić information content (AvgIpc) is 2.81. The summed E-state index contributed by atoms with van der Waals surface area (Å²) in [5.74, 6) is 3.67. The predicted molar refractivity (Wildman–Crippen MR) is 72.3 cm³/mol. The van der Waals surface area contributed by atoms with Gasteiger partial charge in [-0.2, -0.15) is 0 Å². The lowest BCUT2D eigenvalue weighted by Gasteiger charge is -2.30. The highest BCUT2D eigenvalue weighted by Crippen LogP contribution is 2.56. The van der Waals surface area contributed by atoms with Gasteiger partial charge < -0.3 is 10.4 Å². The molecule has 106 valence electrons. The molecule has 2 N–H and O–H groups in total. The zero-order valence-electron chi connectivity index (χ0n) is 11.6.